The zero-order valence-electron chi connectivity index (χ0n) is 11.5. The first kappa shape index (κ1) is 14.3. The summed E-state index contributed by atoms with van der Waals surface area (Å²) in [6.45, 7) is 6.47. The Morgan fingerprint density at radius 1 is 0.842 bits per heavy atom. The largest absolute Gasteiger partial charge is 0.462 e. The number of hydrogen-bond donors (Lipinski definition) is 0. The zero-order chi connectivity index (χ0) is 13.9. The van der Waals surface area contributed by atoms with Crippen LogP contribution in [0.3, 0.4) is 0 Å². The summed E-state index contributed by atoms with van der Waals surface area (Å²) >= 11 is 5.98. The molecule has 3 heteroatoms. The van der Waals surface area contributed by atoms with Gasteiger partial charge in [-0.05, 0) is 23.9 Å². The van der Waals surface area contributed by atoms with Crippen LogP contribution in [0.4, 0.5) is 0 Å². The molecule has 0 radical (unpaired) electrons. The summed E-state index contributed by atoms with van der Waals surface area (Å²) in [5, 5.41) is 1.04. The Bertz CT molecular complexity index is 573. The second-order valence-electron chi connectivity index (χ2n) is 5.46. The normalized spacial score (nSPS) is 14.7. The van der Waals surface area contributed by atoms with Gasteiger partial charge in [-0.1, -0.05) is 69.3 Å². The van der Waals surface area contributed by atoms with E-state index in [1.54, 1.807) is 0 Å². The van der Waals surface area contributed by atoms with Crippen LogP contribution in [0.5, 0.6) is 5.75 Å². The summed E-state index contributed by atoms with van der Waals surface area (Å²) in [6.07, 6.45) is -2.14. The Morgan fingerprint density at radius 2 is 1.32 bits per heavy atom. The zero-order valence-corrected chi connectivity index (χ0v) is 13.2. The quantitative estimate of drug-likeness (QED) is 0.765. The first-order valence-corrected chi connectivity index (χ1v) is 9.06. The van der Waals surface area contributed by atoms with Gasteiger partial charge < -0.3 is 4.52 Å². The van der Waals surface area contributed by atoms with Gasteiger partial charge in [0.15, 0.2) is 0 Å². The number of benzene rings is 2. The maximum absolute atomic E-state index is 6.28. The molecule has 1 unspecified atom stereocenters. The van der Waals surface area contributed by atoms with Crippen molar-refractivity contribution in [2.75, 3.05) is 0 Å². The van der Waals surface area contributed by atoms with Gasteiger partial charge in [0.2, 0.25) is 0 Å². The number of para-hydroxylation sites is 1. The molecule has 19 heavy (non-hydrogen) atoms. The third-order valence-electron chi connectivity index (χ3n) is 2.96. The van der Waals surface area contributed by atoms with E-state index < -0.39 is 6.26 Å². The van der Waals surface area contributed by atoms with Crippen LogP contribution in [0.25, 0.3) is 0 Å². The Morgan fingerprint density at radius 3 is 1.79 bits per heavy atom. The van der Waals surface area contributed by atoms with Crippen molar-refractivity contribution in [2.45, 2.75) is 25.9 Å². The summed E-state index contributed by atoms with van der Waals surface area (Å²) in [5.74, 6) is 0.851. The van der Waals surface area contributed by atoms with Gasteiger partial charge in [0.1, 0.15) is 12.0 Å². The molecule has 0 saturated heterocycles. The van der Waals surface area contributed by atoms with Crippen LogP contribution in [0.15, 0.2) is 60.7 Å². The first-order chi connectivity index (χ1) is 8.93. The van der Waals surface area contributed by atoms with Crippen LogP contribution in [0.2, 0.25) is 0 Å². The van der Waals surface area contributed by atoms with Crippen molar-refractivity contribution in [1.82, 2.24) is 0 Å². The lowest BCUT2D eigenvalue weighted by molar-refractivity contribution is 0.581. The highest BCUT2D eigenvalue weighted by atomic mass is 32.4. The van der Waals surface area contributed by atoms with E-state index in [9.17, 15) is 0 Å². The van der Waals surface area contributed by atoms with E-state index in [1.165, 1.54) is 0 Å². The van der Waals surface area contributed by atoms with Crippen molar-refractivity contribution in [2.24, 2.45) is 0 Å². The van der Waals surface area contributed by atoms with E-state index in [2.05, 4.69) is 32.9 Å². The topological polar surface area (TPSA) is 9.23 Å². The average Bonchev–Trinajstić information content (AvgIpc) is 2.39. The van der Waals surface area contributed by atoms with Crippen molar-refractivity contribution < 1.29 is 4.52 Å². The fourth-order valence-corrected chi connectivity index (χ4v) is 4.59. The van der Waals surface area contributed by atoms with E-state index >= 15 is 0 Å². The molecule has 0 fully saturated rings. The monoisotopic (exact) mass is 290 g/mol. The third-order valence-corrected chi connectivity index (χ3v) is 8.67. The Balaban J connectivity index is 2.46. The molecule has 0 bridgehead atoms. The van der Waals surface area contributed by atoms with Gasteiger partial charge in [-0.3, -0.25) is 0 Å². The standard InChI is InChI=1S/C16H19OPS/c1-16(2,3)18(19,15-12-8-5-9-13-15)17-14-10-6-4-7-11-14/h4-13H,1-3H3. The lowest BCUT2D eigenvalue weighted by atomic mass is 10.3. The molecular formula is C16H19OPS. The second kappa shape index (κ2) is 5.48. The molecule has 0 aromatic heterocycles. The van der Waals surface area contributed by atoms with Crippen LogP contribution in [0.1, 0.15) is 20.8 Å². The molecule has 0 aliphatic carbocycles. The van der Waals surface area contributed by atoms with Gasteiger partial charge in [-0.2, -0.15) is 0 Å². The van der Waals surface area contributed by atoms with E-state index in [0.29, 0.717) is 0 Å². The summed E-state index contributed by atoms with van der Waals surface area (Å²) in [6, 6.07) is 20.1. The van der Waals surface area contributed by atoms with Crippen molar-refractivity contribution in [3.05, 3.63) is 60.7 Å². The van der Waals surface area contributed by atoms with E-state index in [1.807, 2.05) is 48.5 Å². The van der Waals surface area contributed by atoms with Crippen molar-refractivity contribution in [3.63, 3.8) is 0 Å². The second-order valence-corrected chi connectivity index (χ2v) is 10.1. The number of rotatable bonds is 3. The molecule has 0 N–H and O–H groups in total. The summed E-state index contributed by atoms with van der Waals surface area (Å²) in [7, 11) is 0. The maximum Gasteiger partial charge on any atom is 0.148 e. The van der Waals surface area contributed by atoms with Crippen LogP contribution >= 0.6 is 6.26 Å². The van der Waals surface area contributed by atoms with Crippen LogP contribution in [-0.2, 0) is 11.8 Å². The summed E-state index contributed by atoms with van der Waals surface area (Å²) in [4.78, 5) is 0. The predicted octanol–water partition coefficient (Wildman–Crippen LogP) is 4.58. The highest BCUT2D eigenvalue weighted by Crippen LogP contribution is 2.57. The molecule has 0 amide bonds. The molecule has 0 saturated carbocycles. The Hall–Kier alpha value is -1.11. The predicted molar refractivity (Wildman–Crippen MR) is 87.2 cm³/mol. The molecule has 100 valence electrons. The third kappa shape index (κ3) is 3.08. The molecule has 0 aliphatic heterocycles. The molecule has 1 nitrogen and oxygen atoms in total. The van der Waals surface area contributed by atoms with Gasteiger partial charge in [-0.25, -0.2) is 0 Å². The minimum Gasteiger partial charge on any atom is -0.462 e. The fraction of sp³-hybridized carbons (Fsp3) is 0.250. The fourth-order valence-electron chi connectivity index (χ4n) is 1.83. The smallest absolute Gasteiger partial charge is 0.148 e. The van der Waals surface area contributed by atoms with Crippen LogP contribution in [-0.4, -0.2) is 5.16 Å². The molecule has 1 atom stereocenters. The molecule has 2 rings (SSSR count). The van der Waals surface area contributed by atoms with Crippen molar-refractivity contribution in [3.8, 4) is 5.75 Å². The summed E-state index contributed by atoms with van der Waals surface area (Å²) < 4.78 is 6.28. The molecule has 2 aromatic carbocycles. The van der Waals surface area contributed by atoms with Crippen LogP contribution < -0.4 is 9.83 Å². The van der Waals surface area contributed by atoms with E-state index in [-0.39, 0.29) is 5.16 Å². The highest BCUT2D eigenvalue weighted by molar-refractivity contribution is 8.16. The van der Waals surface area contributed by atoms with E-state index in [4.69, 9.17) is 16.3 Å². The maximum atomic E-state index is 6.28. The van der Waals surface area contributed by atoms with Gasteiger partial charge >= 0.3 is 0 Å². The average molecular weight is 290 g/mol. The first-order valence-electron chi connectivity index (χ1n) is 6.34. The minimum absolute atomic E-state index is 0.0838. The Kier molecular flexibility index (Phi) is 4.13. The molecule has 0 heterocycles. The highest BCUT2D eigenvalue weighted by Gasteiger charge is 2.36. The van der Waals surface area contributed by atoms with Gasteiger partial charge in [0.25, 0.3) is 0 Å². The van der Waals surface area contributed by atoms with Gasteiger partial charge in [-0.15, -0.1) is 0 Å². The van der Waals surface area contributed by atoms with Gasteiger partial charge in [0, 0.05) is 10.5 Å². The van der Waals surface area contributed by atoms with Crippen molar-refractivity contribution in [1.29, 1.82) is 0 Å². The minimum atomic E-state index is -2.14. The Labute approximate surface area is 120 Å². The number of hydrogen-bond acceptors (Lipinski definition) is 2. The van der Waals surface area contributed by atoms with E-state index in [0.717, 1.165) is 11.1 Å². The molecule has 0 spiro atoms. The SMILES string of the molecule is CC(C)(C)P(=S)(Oc1ccccc1)c1ccccc1. The lowest BCUT2D eigenvalue weighted by Gasteiger charge is -2.35. The summed E-state index contributed by atoms with van der Waals surface area (Å²) in [5.41, 5.74) is 0. The lowest BCUT2D eigenvalue weighted by Crippen LogP contribution is -2.26. The van der Waals surface area contributed by atoms with Crippen LogP contribution in [0, 0.1) is 0 Å². The molecule has 0 aliphatic rings. The van der Waals surface area contributed by atoms with Crippen molar-refractivity contribution >= 4 is 23.4 Å². The molecule has 2 aromatic rings. The molecular weight excluding hydrogens is 271 g/mol. The van der Waals surface area contributed by atoms with Gasteiger partial charge in [0.05, 0.1) is 0 Å².